The van der Waals surface area contributed by atoms with E-state index in [0.29, 0.717) is 5.92 Å². The zero-order valence-corrected chi connectivity index (χ0v) is 11.4. The van der Waals surface area contributed by atoms with Gasteiger partial charge < -0.3 is 20.1 Å². The SMILES string of the molecule is CCCC1CNc2cc(OC)c(OC)cc2NC1. The van der Waals surface area contributed by atoms with Crippen LogP contribution >= 0.6 is 0 Å². The van der Waals surface area contributed by atoms with Crippen molar-refractivity contribution < 1.29 is 9.47 Å². The number of anilines is 2. The molecule has 0 saturated carbocycles. The largest absolute Gasteiger partial charge is 0.493 e. The molecular formula is C14H22N2O2. The number of hydrogen-bond acceptors (Lipinski definition) is 4. The smallest absolute Gasteiger partial charge is 0.162 e. The van der Waals surface area contributed by atoms with Gasteiger partial charge in [-0.15, -0.1) is 0 Å². The van der Waals surface area contributed by atoms with Crippen LogP contribution in [0.2, 0.25) is 0 Å². The van der Waals surface area contributed by atoms with Crippen molar-refractivity contribution in [1.82, 2.24) is 0 Å². The van der Waals surface area contributed by atoms with Crippen molar-refractivity contribution in [1.29, 1.82) is 0 Å². The summed E-state index contributed by atoms with van der Waals surface area (Å²) in [5, 5.41) is 6.98. The van der Waals surface area contributed by atoms with Crippen LogP contribution in [0.25, 0.3) is 0 Å². The lowest BCUT2D eigenvalue weighted by atomic mass is 10.0. The molecule has 2 rings (SSSR count). The Morgan fingerprint density at radius 2 is 1.56 bits per heavy atom. The summed E-state index contributed by atoms with van der Waals surface area (Å²) in [6.07, 6.45) is 2.46. The third-order valence-electron chi connectivity index (χ3n) is 3.38. The van der Waals surface area contributed by atoms with Gasteiger partial charge in [0.15, 0.2) is 11.5 Å². The summed E-state index contributed by atoms with van der Waals surface area (Å²) < 4.78 is 10.6. The van der Waals surface area contributed by atoms with E-state index in [2.05, 4.69) is 17.6 Å². The van der Waals surface area contributed by atoms with E-state index in [1.807, 2.05) is 12.1 Å². The molecule has 1 aromatic rings. The Morgan fingerprint density at radius 3 is 1.94 bits per heavy atom. The van der Waals surface area contributed by atoms with Crippen molar-refractivity contribution in [3.8, 4) is 11.5 Å². The summed E-state index contributed by atoms with van der Waals surface area (Å²) in [5.74, 6) is 2.19. The van der Waals surface area contributed by atoms with Crippen molar-refractivity contribution in [2.75, 3.05) is 37.9 Å². The molecule has 0 radical (unpaired) electrons. The molecule has 1 heterocycles. The highest BCUT2D eigenvalue weighted by Gasteiger charge is 2.17. The molecule has 1 aliphatic heterocycles. The van der Waals surface area contributed by atoms with Crippen LogP contribution in [0.15, 0.2) is 12.1 Å². The molecule has 0 saturated heterocycles. The fourth-order valence-corrected chi connectivity index (χ4v) is 2.36. The predicted octanol–water partition coefficient (Wildman–Crippen LogP) is 2.96. The van der Waals surface area contributed by atoms with Gasteiger partial charge in [-0.1, -0.05) is 13.3 Å². The first-order valence-corrected chi connectivity index (χ1v) is 6.52. The van der Waals surface area contributed by atoms with E-state index in [0.717, 1.165) is 36.0 Å². The molecule has 0 fully saturated rings. The monoisotopic (exact) mass is 250 g/mol. The molecule has 0 atom stereocenters. The van der Waals surface area contributed by atoms with Crippen LogP contribution in [0, 0.1) is 5.92 Å². The first-order valence-electron chi connectivity index (χ1n) is 6.52. The molecular weight excluding hydrogens is 228 g/mol. The minimum Gasteiger partial charge on any atom is -0.493 e. The van der Waals surface area contributed by atoms with Gasteiger partial charge in [-0.2, -0.15) is 0 Å². The van der Waals surface area contributed by atoms with E-state index in [9.17, 15) is 0 Å². The van der Waals surface area contributed by atoms with Gasteiger partial charge in [0, 0.05) is 25.2 Å². The van der Waals surface area contributed by atoms with Gasteiger partial charge in [0.2, 0.25) is 0 Å². The highest BCUT2D eigenvalue weighted by molar-refractivity contribution is 5.74. The number of rotatable bonds is 4. The second-order valence-electron chi connectivity index (χ2n) is 4.67. The first-order chi connectivity index (χ1) is 8.78. The summed E-state index contributed by atoms with van der Waals surface area (Å²) >= 11 is 0. The average Bonchev–Trinajstić information content (AvgIpc) is 2.60. The van der Waals surface area contributed by atoms with E-state index in [1.165, 1.54) is 12.8 Å². The minimum atomic E-state index is 0.666. The molecule has 0 aromatic heterocycles. The zero-order chi connectivity index (χ0) is 13.0. The van der Waals surface area contributed by atoms with Crippen molar-refractivity contribution >= 4 is 11.4 Å². The molecule has 0 bridgehead atoms. The fraction of sp³-hybridized carbons (Fsp3) is 0.571. The van der Waals surface area contributed by atoms with Gasteiger partial charge in [0.05, 0.1) is 25.6 Å². The van der Waals surface area contributed by atoms with Crippen molar-refractivity contribution in [3.63, 3.8) is 0 Å². The van der Waals surface area contributed by atoms with E-state index in [4.69, 9.17) is 9.47 Å². The lowest BCUT2D eigenvalue weighted by molar-refractivity contribution is 0.355. The maximum atomic E-state index is 5.32. The minimum absolute atomic E-state index is 0.666. The molecule has 18 heavy (non-hydrogen) atoms. The molecule has 1 aromatic carbocycles. The normalized spacial score (nSPS) is 15.1. The number of ether oxygens (including phenoxy) is 2. The van der Waals surface area contributed by atoms with Crippen molar-refractivity contribution in [2.45, 2.75) is 19.8 Å². The predicted molar refractivity (Wildman–Crippen MR) is 74.9 cm³/mol. The van der Waals surface area contributed by atoms with Gasteiger partial charge >= 0.3 is 0 Å². The van der Waals surface area contributed by atoms with Crippen LogP contribution in [0.5, 0.6) is 11.5 Å². The Kier molecular flexibility index (Phi) is 4.18. The Hall–Kier alpha value is -1.58. The number of methoxy groups -OCH3 is 2. The molecule has 0 unspecified atom stereocenters. The van der Waals surface area contributed by atoms with Gasteiger partial charge in [0.25, 0.3) is 0 Å². The van der Waals surface area contributed by atoms with Crippen molar-refractivity contribution in [3.05, 3.63) is 12.1 Å². The Labute approximate surface area is 109 Å². The highest BCUT2D eigenvalue weighted by Crippen LogP contribution is 2.37. The van der Waals surface area contributed by atoms with Gasteiger partial charge in [-0.25, -0.2) is 0 Å². The molecule has 1 aliphatic rings. The highest BCUT2D eigenvalue weighted by atomic mass is 16.5. The van der Waals surface area contributed by atoms with Crippen LogP contribution in [0.1, 0.15) is 19.8 Å². The Morgan fingerprint density at radius 1 is 1.06 bits per heavy atom. The Bertz CT molecular complexity index is 372. The average molecular weight is 250 g/mol. The first kappa shape index (κ1) is 12.9. The Balaban J connectivity index is 2.22. The second kappa shape index (κ2) is 5.85. The summed E-state index contributed by atoms with van der Waals surface area (Å²) in [6, 6.07) is 3.99. The summed E-state index contributed by atoms with van der Waals surface area (Å²) in [6.45, 7) is 4.23. The van der Waals surface area contributed by atoms with Crippen LogP contribution in [-0.4, -0.2) is 27.3 Å². The van der Waals surface area contributed by atoms with Gasteiger partial charge in [-0.05, 0) is 12.3 Å². The second-order valence-corrected chi connectivity index (χ2v) is 4.67. The van der Waals surface area contributed by atoms with E-state index < -0.39 is 0 Å². The van der Waals surface area contributed by atoms with Crippen LogP contribution in [0.4, 0.5) is 11.4 Å². The number of fused-ring (bicyclic) bond motifs is 1. The quantitative estimate of drug-likeness (QED) is 0.862. The third-order valence-corrected chi connectivity index (χ3v) is 3.38. The van der Waals surface area contributed by atoms with Gasteiger partial charge in [-0.3, -0.25) is 0 Å². The lowest BCUT2D eigenvalue weighted by Crippen LogP contribution is -2.18. The summed E-state index contributed by atoms with van der Waals surface area (Å²) in [7, 11) is 3.32. The topological polar surface area (TPSA) is 42.5 Å². The van der Waals surface area contributed by atoms with Gasteiger partial charge in [0.1, 0.15) is 0 Å². The summed E-state index contributed by atoms with van der Waals surface area (Å²) in [4.78, 5) is 0. The van der Waals surface area contributed by atoms with Crippen LogP contribution in [0.3, 0.4) is 0 Å². The third kappa shape index (κ3) is 2.63. The fourth-order valence-electron chi connectivity index (χ4n) is 2.36. The maximum absolute atomic E-state index is 5.32. The van der Waals surface area contributed by atoms with Crippen LogP contribution in [-0.2, 0) is 0 Å². The molecule has 2 N–H and O–H groups in total. The number of nitrogens with one attached hydrogen (secondary N) is 2. The van der Waals surface area contributed by atoms with Crippen LogP contribution < -0.4 is 20.1 Å². The molecule has 4 heteroatoms. The number of hydrogen-bond donors (Lipinski definition) is 2. The number of benzene rings is 1. The molecule has 0 aliphatic carbocycles. The molecule has 4 nitrogen and oxygen atoms in total. The standard InChI is InChI=1S/C14H22N2O2/c1-4-5-10-8-15-11-6-13(17-2)14(18-3)7-12(11)16-9-10/h6-7,10,15-16H,4-5,8-9H2,1-3H3. The molecule has 0 amide bonds. The maximum Gasteiger partial charge on any atom is 0.162 e. The van der Waals surface area contributed by atoms with Crippen molar-refractivity contribution in [2.24, 2.45) is 5.92 Å². The van der Waals surface area contributed by atoms with E-state index >= 15 is 0 Å². The van der Waals surface area contributed by atoms with E-state index in [-0.39, 0.29) is 0 Å². The lowest BCUT2D eigenvalue weighted by Gasteiger charge is -2.13. The summed E-state index contributed by atoms with van der Waals surface area (Å²) in [5.41, 5.74) is 2.18. The zero-order valence-electron chi connectivity index (χ0n) is 11.4. The van der Waals surface area contributed by atoms with E-state index in [1.54, 1.807) is 14.2 Å². The molecule has 100 valence electrons. The molecule has 0 spiro atoms.